The summed E-state index contributed by atoms with van der Waals surface area (Å²) in [6.45, 7) is 1.27. The van der Waals surface area contributed by atoms with Crippen LogP contribution in [-0.2, 0) is 0 Å². The summed E-state index contributed by atoms with van der Waals surface area (Å²) >= 11 is 0. The summed E-state index contributed by atoms with van der Waals surface area (Å²) in [6.07, 6.45) is -5.37. The molecule has 1 aromatic carbocycles. The van der Waals surface area contributed by atoms with Crippen molar-refractivity contribution in [1.82, 2.24) is 0 Å². The number of hydrogen-bond donors (Lipinski definition) is 1. The van der Waals surface area contributed by atoms with Gasteiger partial charge >= 0.3 is 6.18 Å². The third-order valence-electron chi connectivity index (χ3n) is 2.34. The van der Waals surface area contributed by atoms with Crippen LogP contribution in [0.5, 0.6) is 5.75 Å². The van der Waals surface area contributed by atoms with Crippen LogP contribution in [-0.4, -0.2) is 23.7 Å². The third kappa shape index (κ3) is 5.15. The minimum absolute atomic E-state index is 0.116. The molecule has 0 aliphatic rings. The highest BCUT2D eigenvalue weighted by Crippen LogP contribution is 2.23. The Balaban J connectivity index is 2.68. The molecular formula is C12H13F4NO2. The van der Waals surface area contributed by atoms with E-state index in [0.29, 0.717) is 0 Å². The van der Waals surface area contributed by atoms with Crippen LogP contribution in [0.15, 0.2) is 23.4 Å². The number of nitrogens with zero attached hydrogens (tertiary/aromatic N) is 1. The minimum atomic E-state index is -4.22. The molecule has 0 saturated heterocycles. The predicted octanol–water partition coefficient (Wildman–Crippen LogP) is 3.75. The molecule has 0 aliphatic carbocycles. The standard InChI is InChI=1S/C12H13F4NO2/c1-8(17-18)10-7-9(13)3-4-11(10)19-6-2-5-12(14,15)16/h3-4,7,18H,2,5-6H2,1H3/b17-8-. The lowest BCUT2D eigenvalue weighted by Crippen LogP contribution is -2.10. The summed E-state index contributed by atoms with van der Waals surface area (Å²) in [5.41, 5.74) is 0.319. The van der Waals surface area contributed by atoms with Gasteiger partial charge in [-0.15, -0.1) is 0 Å². The number of halogens is 4. The molecule has 0 aliphatic heterocycles. The van der Waals surface area contributed by atoms with Crippen LogP contribution in [0.3, 0.4) is 0 Å². The van der Waals surface area contributed by atoms with Crippen LogP contribution in [0.4, 0.5) is 17.6 Å². The van der Waals surface area contributed by atoms with Gasteiger partial charge in [0.05, 0.1) is 12.3 Å². The molecule has 3 nitrogen and oxygen atoms in total. The Hall–Kier alpha value is -1.79. The van der Waals surface area contributed by atoms with Crippen molar-refractivity contribution in [2.45, 2.75) is 25.9 Å². The molecule has 1 N–H and O–H groups in total. The topological polar surface area (TPSA) is 41.8 Å². The molecule has 106 valence electrons. The van der Waals surface area contributed by atoms with E-state index in [1.54, 1.807) is 0 Å². The van der Waals surface area contributed by atoms with Crippen LogP contribution in [0.2, 0.25) is 0 Å². The van der Waals surface area contributed by atoms with Crippen molar-refractivity contribution in [2.75, 3.05) is 6.61 Å². The van der Waals surface area contributed by atoms with Crippen molar-refractivity contribution in [3.8, 4) is 5.75 Å². The second-order valence-corrected chi connectivity index (χ2v) is 3.89. The lowest BCUT2D eigenvalue weighted by molar-refractivity contribution is -0.136. The van der Waals surface area contributed by atoms with Crippen LogP contribution >= 0.6 is 0 Å². The molecular weight excluding hydrogens is 266 g/mol. The number of alkyl halides is 3. The quantitative estimate of drug-likeness (QED) is 0.293. The first-order valence-corrected chi connectivity index (χ1v) is 5.51. The van der Waals surface area contributed by atoms with E-state index < -0.39 is 18.4 Å². The zero-order valence-electron chi connectivity index (χ0n) is 10.2. The van der Waals surface area contributed by atoms with Crippen LogP contribution in [0, 0.1) is 5.82 Å². The second kappa shape index (κ2) is 6.40. The fraction of sp³-hybridized carbons (Fsp3) is 0.417. The SMILES string of the molecule is C/C(=N/O)c1cc(F)ccc1OCCCC(F)(F)F. The second-order valence-electron chi connectivity index (χ2n) is 3.89. The molecule has 0 atom stereocenters. The highest BCUT2D eigenvalue weighted by atomic mass is 19.4. The molecule has 0 saturated carbocycles. The smallest absolute Gasteiger partial charge is 0.389 e. The number of rotatable bonds is 5. The summed E-state index contributed by atoms with van der Waals surface area (Å²) in [7, 11) is 0. The lowest BCUT2D eigenvalue weighted by atomic mass is 10.1. The van der Waals surface area contributed by atoms with Crippen molar-refractivity contribution in [3.63, 3.8) is 0 Å². The van der Waals surface area contributed by atoms with Gasteiger partial charge in [0, 0.05) is 12.0 Å². The van der Waals surface area contributed by atoms with Crippen LogP contribution in [0.1, 0.15) is 25.3 Å². The summed E-state index contributed by atoms with van der Waals surface area (Å²) in [4.78, 5) is 0. The molecule has 19 heavy (non-hydrogen) atoms. The molecule has 1 aromatic rings. The molecule has 0 amide bonds. The summed E-state index contributed by atoms with van der Waals surface area (Å²) < 4.78 is 54.0. The Kier molecular flexibility index (Phi) is 5.14. The molecule has 0 heterocycles. The van der Waals surface area contributed by atoms with Gasteiger partial charge in [-0.05, 0) is 31.5 Å². The van der Waals surface area contributed by atoms with E-state index >= 15 is 0 Å². The number of benzene rings is 1. The molecule has 0 bridgehead atoms. The van der Waals surface area contributed by atoms with Gasteiger partial charge in [0.25, 0.3) is 0 Å². The molecule has 0 fully saturated rings. The van der Waals surface area contributed by atoms with Crippen molar-refractivity contribution in [2.24, 2.45) is 5.16 Å². The summed E-state index contributed by atoms with van der Waals surface area (Å²) in [5.74, 6) is -0.375. The zero-order chi connectivity index (χ0) is 14.5. The van der Waals surface area contributed by atoms with E-state index in [2.05, 4.69) is 5.16 Å². The monoisotopic (exact) mass is 279 g/mol. The molecule has 7 heteroatoms. The number of hydrogen-bond acceptors (Lipinski definition) is 3. The predicted molar refractivity (Wildman–Crippen MR) is 61.2 cm³/mol. The van der Waals surface area contributed by atoms with E-state index in [9.17, 15) is 17.6 Å². The van der Waals surface area contributed by atoms with Gasteiger partial charge in [0.2, 0.25) is 0 Å². The first kappa shape index (κ1) is 15.3. The van der Waals surface area contributed by atoms with Gasteiger partial charge < -0.3 is 9.94 Å². The number of ether oxygens (including phenoxy) is 1. The maximum absolute atomic E-state index is 13.0. The largest absolute Gasteiger partial charge is 0.493 e. The average Bonchev–Trinajstić information content (AvgIpc) is 2.33. The molecule has 0 spiro atoms. The Labute approximate surface area is 107 Å². The van der Waals surface area contributed by atoms with E-state index in [1.165, 1.54) is 13.0 Å². The van der Waals surface area contributed by atoms with Gasteiger partial charge in [0.15, 0.2) is 0 Å². The van der Waals surface area contributed by atoms with Crippen molar-refractivity contribution in [1.29, 1.82) is 0 Å². The van der Waals surface area contributed by atoms with Gasteiger partial charge in [-0.2, -0.15) is 13.2 Å². The van der Waals surface area contributed by atoms with Gasteiger partial charge in [-0.1, -0.05) is 5.16 Å². The average molecular weight is 279 g/mol. The maximum Gasteiger partial charge on any atom is 0.389 e. The van der Waals surface area contributed by atoms with E-state index in [-0.39, 0.29) is 30.1 Å². The molecule has 0 aromatic heterocycles. The highest BCUT2D eigenvalue weighted by molar-refractivity contribution is 6.00. The van der Waals surface area contributed by atoms with Gasteiger partial charge in [0.1, 0.15) is 11.6 Å². The normalized spacial score (nSPS) is 12.6. The Morgan fingerprint density at radius 1 is 1.37 bits per heavy atom. The Bertz CT molecular complexity index is 458. The fourth-order valence-electron chi connectivity index (χ4n) is 1.42. The van der Waals surface area contributed by atoms with Crippen molar-refractivity contribution >= 4 is 5.71 Å². The summed E-state index contributed by atoms with van der Waals surface area (Å²) in [5, 5.41) is 11.6. The first-order valence-electron chi connectivity index (χ1n) is 5.51. The van der Waals surface area contributed by atoms with E-state index in [4.69, 9.17) is 9.94 Å². The van der Waals surface area contributed by atoms with E-state index in [1.807, 2.05) is 0 Å². The Morgan fingerprint density at radius 2 is 2.05 bits per heavy atom. The van der Waals surface area contributed by atoms with Gasteiger partial charge in [-0.25, -0.2) is 4.39 Å². The van der Waals surface area contributed by atoms with E-state index in [0.717, 1.165) is 12.1 Å². The number of oxime groups is 1. The lowest BCUT2D eigenvalue weighted by Gasteiger charge is -2.11. The van der Waals surface area contributed by atoms with Crippen molar-refractivity contribution < 1.29 is 27.5 Å². The third-order valence-corrected chi connectivity index (χ3v) is 2.34. The Morgan fingerprint density at radius 3 is 2.63 bits per heavy atom. The zero-order valence-corrected chi connectivity index (χ0v) is 10.2. The highest BCUT2D eigenvalue weighted by Gasteiger charge is 2.26. The first-order chi connectivity index (χ1) is 8.83. The molecule has 0 radical (unpaired) electrons. The van der Waals surface area contributed by atoms with Gasteiger partial charge in [-0.3, -0.25) is 0 Å². The fourth-order valence-corrected chi connectivity index (χ4v) is 1.42. The maximum atomic E-state index is 13.0. The summed E-state index contributed by atoms with van der Waals surface area (Å²) in [6, 6.07) is 3.49. The molecule has 1 rings (SSSR count). The van der Waals surface area contributed by atoms with Crippen LogP contribution < -0.4 is 4.74 Å². The van der Waals surface area contributed by atoms with Crippen LogP contribution in [0.25, 0.3) is 0 Å². The van der Waals surface area contributed by atoms with Crippen molar-refractivity contribution in [3.05, 3.63) is 29.6 Å². The molecule has 0 unspecified atom stereocenters. The minimum Gasteiger partial charge on any atom is -0.493 e.